The summed E-state index contributed by atoms with van der Waals surface area (Å²) >= 11 is 0. The van der Waals surface area contributed by atoms with Gasteiger partial charge in [-0.3, -0.25) is 4.79 Å². The zero-order valence-corrected chi connectivity index (χ0v) is 9.80. The molecular weight excluding hydrogens is 346 g/mol. The van der Waals surface area contributed by atoms with E-state index in [9.17, 15) is 14.4 Å². The van der Waals surface area contributed by atoms with Crippen LogP contribution in [0.15, 0.2) is 11.6 Å². The van der Waals surface area contributed by atoms with Crippen LogP contribution in [0.5, 0.6) is 0 Å². The molecule has 0 unspecified atom stereocenters. The molecule has 0 bridgehead atoms. The predicted octanol–water partition coefficient (Wildman–Crippen LogP) is 0.553. The third kappa shape index (κ3) is 7.40. The molecule has 6 heteroatoms. The van der Waals surface area contributed by atoms with Gasteiger partial charge in [-0.15, -0.1) is 0 Å². The minimum absolute atomic E-state index is 0. The topological polar surface area (TPSA) is 95.2 Å². The number of nitrogens with one attached hydrogen (secondary N) is 1. The minimum atomic E-state index is -1.34. The molecule has 5 nitrogen and oxygen atoms in total. The van der Waals surface area contributed by atoms with Crippen molar-refractivity contribution in [1.29, 1.82) is 0 Å². The Morgan fingerprint density at radius 3 is 2.08 bits per heavy atom. The molecule has 0 spiro atoms. The normalized spacial score (nSPS) is 10.1. The average molecular weight is 354 g/mol. The van der Waals surface area contributed by atoms with Gasteiger partial charge in [-0.05, 0) is 13.0 Å². The number of carboxylic acid groups (broad SMARTS) is 1. The fraction of sp³-hybridized carbons (Fsp3) is 0.286. The van der Waals surface area contributed by atoms with Gasteiger partial charge < -0.3 is 15.6 Å². The van der Waals surface area contributed by atoms with E-state index >= 15 is 0 Å². The van der Waals surface area contributed by atoms with E-state index in [1.54, 1.807) is 0 Å². The van der Waals surface area contributed by atoms with E-state index in [1.807, 2.05) is 0 Å². The zero-order valence-electron chi connectivity index (χ0n) is 6.86. The van der Waals surface area contributed by atoms with E-state index in [1.165, 1.54) is 6.92 Å². The van der Waals surface area contributed by atoms with Gasteiger partial charge in [0.2, 0.25) is 0 Å². The summed E-state index contributed by atoms with van der Waals surface area (Å²) in [4.78, 5) is 30.9. The van der Waals surface area contributed by atoms with Crippen molar-refractivity contribution in [3.05, 3.63) is 17.4 Å². The molecule has 13 heavy (non-hydrogen) atoms. The van der Waals surface area contributed by atoms with Crippen LogP contribution < -0.4 is 0 Å². The summed E-state index contributed by atoms with van der Waals surface area (Å²) in [7, 11) is 0. The van der Waals surface area contributed by atoms with Gasteiger partial charge in [-0.1, -0.05) is 0 Å². The van der Waals surface area contributed by atoms with Gasteiger partial charge >= 0.3 is 5.97 Å². The minimum Gasteiger partial charge on any atom is -0.667 e. The molecule has 0 saturated carbocycles. The van der Waals surface area contributed by atoms with Crippen LogP contribution in [0, 0.1) is 0 Å². The average Bonchev–Trinajstić information content (AvgIpc) is 1.83. The first-order chi connectivity index (χ1) is 5.43. The summed E-state index contributed by atoms with van der Waals surface area (Å²) in [5.74, 6) is -2.82. The van der Waals surface area contributed by atoms with E-state index in [4.69, 9.17) is 10.8 Å². The van der Waals surface area contributed by atoms with Gasteiger partial charge in [0, 0.05) is 33.1 Å². The quantitative estimate of drug-likeness (QED) is 0.746. The maximum Gasteiger partial charge on any atom is 0.332 e. The molecule has 1 amide bonds. The molecular formula is C7H8NO4W-. The first-order valence-corrected chi connectivity index (χ1v) is 3.12. The van der Waals surface area contributed by atoms with Gasteiger partial charge in [0.05, 0.1) is 5.91 Å². The van der Waals surface area contributed by atoms with E-state index in [0.29, 0.717) is 0 Å². The molecule has 0 aromatic heterocycles. The molecule has 0 aromatic carbocycles. The predicted molar refractivity (Wildman–Crippen MR) is 40.3 cm³/mol. The Kier molecular flexibility index (Phi) is 7.33. The summed E-state index contributed by atoms with van der Waals surface area (Å²) in [6, 6.07) is 0. The molecule has 0 heterocycles. The van der Waals surface area contributed by atoms with Crippen molar-refractivity contribution in [2.75, 3.05) is 0 Å². The molecule has 0 aliphatic heterocycles. The van der Waals surface area contributed by atoms with Crippen LogP contribution in [0.25, 0.3) is 5.73 Å². The van der Waals surface area contributed by atoms with Gasteiger partial charge in [0.15, 0.2) is 5.78 Å². The van der Waals surface area contributed by atoms with Crippen LogP contribution in [0.4, 0.5) is 0 Å². The Labute approximate surface area is 89.2 Å². The summed E-state index contributed by atoms with van der Waals surface area (Å²) in [6.45, 7) is 1.18. The Balaban J connectivity index is 0. The number of hydrogen-bond donors (Lipinski definition) is 1. The van der Waals surface area contributed by atoms with E-state index in [-0.39, 0.29) is 26.6 Å². The van der Waals surface area contributed by atoms with Crippen LogP contribution in [-0.2, 0) is 35.4 Å². The first-order valence-electron chi connectivity index (χ1n) is 3.12. The Bertz CT molecular complexity index is 259. The summed E-state index contributed by atoms with van der Waals surface area (Å²) in [5, 5.41) is 8.41. The molecule has 72 valence electrons. The molecule has 0 aliphatic carbocycles. The van der Waals surface area contributed by atoms with Crippen LogP contribution >= 0.6 is 0 Å². The number of aliphatic carboxylic acids is 1. The number of hydrogen-bond acceptors (Lipinski definition) is 3. The summed E-state index contributed by atoms with van der Waals surface area (Å²) in [6.07, 6.45) is 0.309. The smallest absolute Gasteiger partial charge is 0.332 e. The number of carboxylic acids is 1. The fourth-order valence-corrected chi connectivity index (χ4v) is 0.607. The third-order valence-corrected chi connectivity index (χ3v) is 1.00. The maximum atomic E-state index is 10.4. The van der Waals surface area contributed by atoms with Crippen molar-refractivity contribution in [3.8, 4) is 0 Å². The Morgan fingerprint density at radius 2 is 1.85 bits per heavy atom. The maximum absolute atomic E-state index is 10.4. The van der Waals surface area contributed by atoms with Crippen molar-refractivity contribution in [1.82, 2.24) is 0 Å². The monoisotopic (exact) mass is 354 g/mol. The van der Waals surface area contributed by atoms with Gasteiger partial charge in [-0.25, -0.2) is 4.79 Å². The molecule has 0 radical (unpaired) electrons. The van der Waals surface area contributed by atoms with Gasteiger partial charge in [0.1, 0.15) is 0 Å². The molecule has 0 atom stereocenters. The second kappa shape index (κ2) is 6.54. The largest absolute Gasteiger partial charge is 0.667 e. The number of carbonyl (C=O) groups excluding carboxylic acids is 2. The van der Waals surface area contributed by atoms with Crippen LogP contribution in [-0.4, -0.2) is 22.8 Å². The van der Waals surface area contributed by atoms with E-state index in [2.05, 4.69) is 0 Å². The van der Waals surface area contributed by atoms with Crippen LogP contribution in [0.2, 0.25) is 0 Å². The Hall–Kier alpha value is -0.962. The number of amides is 1. The number of carbonyl (C=O) groups is 3. The number of allylic oxidation sites excluding steroid dienone is 1. The number of rotatable bonds is 4. The summed E-state index contributed by atoms with van der Waals surface area (Å²) < 4.78 is 0. The number of ketones is 1. The third-order valence-electron chi connectivity index (χ3n) is 1.00. The van der Waals surface area contributed by atoms with Crippen LogP contribution in [0.1, 0.15) is 13.3 Å². The first kappa shape index (κ1) is 14.6. The fourth-order valence-electron chi connectivity index (χ4n) is 0.607. The molecule has 0 saturated heterocycles. The molecule has 2 N–H and O–H groups in total. The van der Waals surface area contributed by atoms with Crippen LogP contribution in [0.3, 0.4) is 0 Å². The summed E-state index contributed by atoms with van der Waals surface area (Å²) in [5.41, 5.74) is 6.15. The van der Waals surface area contributed by atoms with Crippen molar-refractivity contribution < 1.29 is 40.6 Å². The van der Waals surface area contributed by atoms with Crippen molar-refractivity contribution in [2.24, 2.45) is 0 Å². The van der Waals surface area contributed by atoms with Gasteiger partial charge in [-0.2, -0.15) is 0 Å². The SMILES string of the molecule is CC(=O)/C=C(/CC([NH-])=O)C(=O)O.[W]. The molecule has 0 aromatic rings. The second-order valence-corrected chi connectivity index (χ2v) is 2.19. The Morgan fingerprint density at radius 1 is 1.38 bits per heavy atom. The van der Waals surface area contributed by atoms with Crippen molar-refractivity contribution in [3.63, 3.8) is 0 Å². The molecule has 0 fully saturated rings. The molecule has 0 aliphatic rings. The van der Waals surface area contributed by atoms with Crippen molar-refractivity contribution >= 4 is 17.7 Å². The van der Waals surface area contributed by atoms with Crippen molar-refractivity contribution in [2.45, 2.75) is 13.3 Å². The van der Waals surface area contributed by atoms with E-state index in [0.717, 1.165) is 6.08 Å². The second-order valence-electron chi connectivity index (χ2n) is 2.19. The standard InChI is InChI=1S/C7H9NO4.W/c1-4(9)2-5(7(11)12)3-6(8)10;/h2H,3H2,1H3,(H3,8,10,11,12);/p-1/b5-2-;. The van der Waals surface area contributed by atoms with Gasteiger partial charge in [0.25, 0.3) is 0 Å². The zero-order chi connectivity index (χ0) is 9.72. The van der Waals surface area contributed by atoms with E-state index < -0.39 is 24.1 Å². The molecule has 0 rings (SSSR count).